The van der Waals surface area contributed by atoms with Crippen molar-refractivity contribution in [2.24, 2.45) is 0 Å². The molecule has 0 saturated heterocycles. The Balaban J connectivity index is 4.12. The zero-order valence-electron chi connectivity index (χ0n) is 50.6. The number of ether oxygens (including phenoxy) is 4. The summed E-state index contributed by atoms with van der Waals surface area (Å²) < 4.78 is 22.9. The molecule has 0 saturated carbocycles. The normalized spacial score (nSPS) is 13.3. The summed E-state index contributed by atoms with van der Waals surface area (Å²) in [6.07, 6.45) is 75.4. The van der Waals surface area contributed by atoms with Crippen molar-refractivity contribution in [2.45, 2.75) is 283 Å². The van der Waals surface area contributed by atoms with Gasteiger partial charge in [0, 0.05) is 12.8 Å². The van der Waals surface area contributed by atoms with Gasteiger partial charge >= 0.3 is 17.9 Å². The van der Waals surface area contributed by atoms with Gasteiger partial charge in [-0.2, -0.15) is 0 Å². The van der Waals surface area contributed by atoms with Crippen LogP contribution in [0.3, 0.4) is 0 Å². The largest absolute Gasteiger partial charge is 0.477 e. The summed E-state index contributed by atoms with van der Waals surface area (Å²) in [6.45, 7) is 4.75. The molecule has 0 heterocycles. The number of carboxylic acid groups (broad SMARTS) is 1. The van der Waals surface area contributed by atoms with Crippen molar-refractivity contribution in [2.75, 3.05) is 47.5 Å². The van der Waals surface area contributed by atoms with Crippen LogP contribution < -0.4 is 0 Å². The molecule has 77 heavy (non-hydrogen) atoms. The number of carboxylic acids is 1. The maximum absolute atomic E-state index is 12.9. The maximum atomic E-state index is 12.9. The van der Waals surface area contributed by atoms with E-state index in [0.29, 0.717) is 23.9 Å². The van der Waals surface area contributed by atoms with Crippen molar-refractivity contribution in [3.05, 3.63) is 85.1 Å². The van der Waals surface area contributed by atoms with Crippen LogP contribution in [0.2, 0.25) is 0 Å². The van der Waals surface area contributed by atoms with Crippen LogP contribution in [0.25, 0.3) is 0 Å². The molecule has 0 fully saturated rings. The van der Waals surface area contributed by atoms with E-state index in [1.165, 1.54) is 141 Å². The van der Waals surface area contributed by atoms with Gasteiger partial charge in [-0.05, 0) is 89.9 Å². The zero-order valence-corrected chi connectivity index (χ0v) is 50.6. The van der Waals surface area contributed by atoms with Crippen molar-refractivity contribution in [3.63, 3.8) is 0 Å². The van der Waals surface area contributed by atoms with Crippen molar-refractivity contribution in [1.29, 1.82) is 0 Å². The molecular weight excluding hydrogens is 959 g/mol. The smallest absolute Gasteiger partial charge is 0.361 e. The van der Waals surface area contributed by atoms with Gasteiger partial charge in [0.25, 0.3) is 6.29 Å². The monoisotopic (exact) mass is 1080 g/mol. The van der Waals surface area contributed by atoms with E-state index >= 15 is 0 Å². The van der Waals surface area contributed by atoms with E-state index in [9.17, 15) is 19.5 Å². The molecule has 0 aromatic heterocycles. The fraction of sp³-hybridized carbons (Fsp3) is 0.750. The Hall–Kier alpha value is -3.53. The van der Waals surface area contributed by atoms with Gasteiger partial charge in [-0.3, -0.25) is 9.59 Å². The fourth-order valence-corrected chi connectivity index (χ4v) is 8.78. The SMILES string of the molecule is CC/C=C\C/C=C\C/C=C\C/C=C\CCCCCCCCC(=O)OC(COC(=O)CCCCCCCCCCCCCCCCCCCC/C=C\C/C=C\C/C=C\CCCCCCC)COC(OCC[N+](C)(C)C)C(=O)O. The molecule has 2 unspecified atom stereocenters. The van der Waals surface area contributed by atoms with Crippen LogP contribution in [0.1, 0.15) is 271 Å². The van der Waals surface area contributed by atoms with E-state index in [0.717, 1.165) is 96.3 Å². The minimum absolute atomic E-state index is 0.182. The van der Waals surface area contributed by atoms with E-state index in [1.807, 2.05) is 21.1 Å². The number of carbonyl (C=O) groups is 3. The second-order valence-corrected chi connectivity index (χ2v) is 22.3. The average Bonchev–Trinajstić information content (AvgIpc) is 3.40. The minimum Gasteiger partial charge on any atom is -0.477 e. The molecule has 9 heteroatoms. The molecule has 444 valence electrons. The molecule has 0 amide bonds. The topological polar surface area (TPSA) is 108 Å². The third kappa shape index (κ3) is 60.0. The lowest BCUT2D eigenvalue weighted by molar-refractivity contribution is -0.870. The predicted molar refractivity (Wildman–Crippen MR) is 327 cm³/mol. The number of nitrogens with zero attached hydrogens (tertiary/aromatic N) is 1. The molecule has 0 spiro atoms. The lowest BCUT2D eigenvalue weighted by Gasteiger charge is -2.25. The van der Waals surface area contributed by atoms with Gasteiger partial charge in [0.1, 0.15) is 13.2 Å². The molecular formula is C68H120NO8+. The van der Waals surface area contributed by atoms with Gasteiger partial charge in [-0.1, -0.05) is 253 Å². The zero-order chi connectivity index (χ0) is 56.2. The second kappa shape index (κ2) is 58.6. The summed E-state index contributed by atoms with van der Waals surface area (Å²) in [5.74, 6) is -2.02. The molecule has 9 nitrogen and oxygen atoms in total. The first-order chi connectivity index (χ1) is 37.6. The molecule has 0 rings (SSSR count). The highest BCUT2D eigenvalue weighted by Gasteiger charge is 2.25. The third-order valence-electron chi connectivity index (χ3n) is 13.6. The van der Waals surface area contributed by atoms with Crippen LogP contribution in [-0.4, -0.2) is 87.4 Å². The number of aliphatic carboxylic acids is 1. The first-order valence-electron chi connectivity index (χ1n) is 31.8. The number of rotatable bonds is 58. The highest BCUT2D eigenvalue weighted by molar-refractivity contribution is 5.71. The Morgan fingerprint density at radius 2 is 0.740 bits per heavy atom. The third-order valence-corrected chi connectivity index (χ3v) is 13.6. The highest BCUT2D eigenvalue weighted by atomic mass is 16.7. The van der Waals surface area contributed by atoms with Gasteiger partial charge in [0.2, 0.25) is 0 Å². The van der Waals surface area contributed by atoms with E-state index in [2.05, 4.69) is 98.9 Å². The molecule has 0 aliphatic carbocycles. The number of carbonyl (C=O) groups excluding carboxylic acids is 2. The van der Waals surface area contributed by atoms with Crippen molar-refractivity contribution in [3.8, 4) is 0 Å². The Morgan fingerprint density at radius 3 is 1.10 bits per heavy atom. The van der Waals surface area contributed by atoms with Crippen LogP contribution in [0.5, 0.6) is 0 Å². The summed E-state index contributed by atoms with van der Waals surface area (Å²) in [4.78, 5) is 37.5. The molecule has 1 N–H and O–H groups in total. The van der Waals surface area contributed by atoms with Gasteiger partial charge in [-0.15, -0.1) is 0 Å². The maximum Gasteiger partial charge on any atom is 0.361 e. The van der Waals surface area contributed by atoms with Crippen LogP contribution in [0.15, 0.2) is 85.1 Å². The van der Waals surface area contributed by atoms with E-state index in [-0.39, 0.29) is 32.2 Å². The number of quaternary nitrogens is 1. The lowest BCUT2D eigenvalue weighted by atomic mass is 10.0. The molecule has 0 aliphatic rings. The number of hydrogen-bond donors (Lipinski definition) is 1. The number of hydrogen-bond acceptors (Lipinski definition) is 7. The van der Waals surface area contributed by atoms with E-state index in [1.54, 1.807) is 0 Å². The van der Waals surface area contributed by atoms with Crippen LogP contribution in [0.4, 0.5) is 0 Å². The summed E-state index contributed by atoms with van der Waals surface area (Å²) >= 11 is 0. The first-order valence-corrected chi connectivity index (χ1v) is 31.8. The van der Waals surface area contributed by atoms with Crippen LogP contribution in [0, 0.1) is 0 Å². The van der Waals surface area contributed by atoms with Crippen molar-refractivity contribution < 1.29 is 42.9 Å². The fourth-order valence-electron chi connectivity index (χ4n) is 8.78. The van der Waals surface area contributed by atoms with E-state index < -0.39 is 24.3 Å². The summed E-state index contributed by atoms with van der Waals surface area (Å²) in [6, 6.07) is 0. The lowest BCUT2D eigenvalue weighted by Crippen LogP contribution is -2.40. The van der Waals surface area contributed by atoms with E-state index in [4.69, 9.17) is 18.9 Å². The Bertz CT molecular complexity index is 1540. The molecule has 0 radical (unpaired) electrons. The van der Waals surface area contributed by atoms with Crippen LogP contribution in [-0.2, 0) is 33.3 Å². The highest BCUT2D eigenvalue weighted by Crippen LogP contribution is 2.17. The molecule has 2 atom stereocenters. The first kappa shape index (κ1) is 73.5. The summed E-state index contributed by atoms with van der Waals surface area (Å²) in [5, 5.41) is 9.71. The minimum atomic E-state index is -1.52. The molecule has 0 aliphatic heterocycles. The number of allylic oxidation sites excluding steroid dienone is 14. The second-order valence-electron chi connectivity index (χ2n) is 22.3. The number of esters is 2. The standard InChI is InChI=1S/C68H119NO8/c1-6-8-10-12-14-16-18-20-22-24-26-27-28-29-30-31-32-33-34-35-36-37-38-39-41-42-44-46-48-50-52-54-56-58-65(70)75-62-64(63-76-68(67(72)73)74-61-60-69(3,4)5)77-66(71)59-57-55-53-51-49-47-45-43-40-25-23-21-19-17-15-13-11-9-7-2/h9,11,15,17-18,20-21,23-24,26,28-29,40,43,64,68H,6-8,10,12-14,16,19,22,25,27,30-39,41-42,44-63H2,1-5H3/p+1/b11-9-,17-15-,20-18-,23-21-,26-24-,29-28-,43-40-. The number of unbranched alkanes of at least 4 members (excludes halogenated alkanes) is 29. The quantitative estimate of drug-likeness (QED) is 0.0211. The Labute approximate surface area is 474 Å². The Morgan fingerprint density at radius 1 is 0.403 bits per heavy atom. The predicted octanol–water partition coefficient (Wildman–Crippen LogP) is 19.1. The molecule has 0 aromatic carbocycles. The van der Waals surface area contributed by atoms with Crippen molar-refractivity contribution in [1.82, 2.24) is 0 Å². The van der Waals surface area contributed by atoms with Crippen molar-refractivity contribution >= 4 is 17.9 Å². The van der Waals surface area contributed by atoms with Crippen LogP contribution >= 0.6 is 0 Å². The van der Waals surface area contributed by atoms with Gasteiger partial charge in [0.05, 0.1) is 34.4 Å². The summed E-state index contributed by atoms with van der Waals surface area (Å²) in [5.41, 5.74) is 0. The average molecular weight is 1080 g/mol. The van der Waals surface area contributed by atoms with Gasteiger partial charge < -0.3 is 28.5 Å². The Kier molecular flexibility index (Phi) is 55.9. The molecule has 0 bridgehead atoms. The number of likely N-dealkylation sites (N-methyl/N-ethyl adjacent to an activating group) is 1. The summed E-state index contributed by atoms with van der Waals surface area (Å²) in [7, 11) is 5.96. The molecule has 0 aromatic rings. The van der Waals surface area contributed by atoms with Gasteiger partial charge in [0.15, 0.2) is 6.10 Å². The van der Waals surface area contributed by atoms with Gasteiger partial charge in [-0.25, -0.2) is 4.79 Å².